The highest BCUT2D eigenvalue weighted by molar-refractivity contribution is 5.95. The van der Waals surface area contributed by atoms with Crippen LogP contribution in [0.5, 0.6) is 0 Å². The number of fused-ring (bicyclic) bond motifs is 1. The van der Waals surface area contributed by atoms with E-state index in [4.69, 9.17) is 4.74 Å². The lowest BCUT2D eigenvalue weighted by Crippen LogP contribution is -2.38. The third kappa shape index (κ3) is 3.17. The van der Waals surface area contributed by atoms with Crippen LogP contribution in [-0.2, 0) is 4.74 Å². The second-order valence-corrected chi connectivity index (χ2v) is 6.60. The normalized spacial score (nSPS) is 23.2. The lowest BCUT2D eigenvalue weighted by Gasteiger charge is -2.23. The summed E-state index contributed by atoms with van der Waals surface area (Å²) in [7, 11) is 0. The molecule has 2 saturated heterocycles. The number of hydrogen-bond donors (Lipinski definition) is 1. The standard InChI is InChI=1S/C19H21N3O3/c23-18(14-4-2-1-3-5-14)21-8-9-25-17-13-22(12-16(17)11-21)19(24)15-6-7-20-10-15/h1-7,10,16-17,20H,8-9,11-13H2/t16-,17+/m0/s1. The molecule has 1 N–H and O–H groups in total. The molecule has 1 aromatic carbocycles. The molecule has 25 heavy (non-hydrogen) atoms. The molecule has 2 atom stereocenters. The lowest BCUT2D eigenvalue weighted by molar-refractivity contribution is 0.0478. The second kappa shape index (κ2) is 6.72. The molecule has 0 spiro atoms. The minimum absolute atomic E-state index is 0.00327. The molecule has 130 valence electrons. The van der Waals surface area contributed by atoms with Crippen LogP contribution in [0, 0.1) is 5.92 Å². The Morgan fingerprint density at radius 3 is 2.48 bits per heavy atom. The fraction of sp³-hybridized carbons (Fsp3) is 0.368. The fourth-order valence-corrected chi connectivity index (χ4v) is 3.65. The molecular formula is C19H21N3O3. The van der Waals surface area contributed by atoms with Gasteiger partial charge >= 0.3 is 0 Å². The first kappa shape index (κ1) is 15.9. The highest BCUT2D eigenvalue weighted by atomic mass is 16.5. The molecule has 4 rings (SSSR count). The van der Waals surface area contributed by atoms with Crippen LogP contribution in [0.15, 0.2) is 48.8 Å². The summed E-state index contributed by atoms with van der Waals surface area (Å²) in [5.74, 6) is 0.192. The molecule has 2 aliphatic rings. The van der Waals surface area contributed by atoms with Gasteiger partial charge < -0.3 is 19.5 Å². The van der Waals surface area contributed by atoms with Crippen molar-refractivity contribution in [1.29, 1.82) is 0 Å². The average molecular weight is 339 g/mol. The highest BCUT2D eigenvalue weighted by Crippen LogP contribution is 2.25. The Balaban J connectivity index is 1.46. The maximum absolute atomic E-state index is 12.7. The van der Waals surface area contributed by atoms with Gasteiger partial charge in [0, 0.05) is 50.1 Å². The van der Waals surface area contributed by atoms with Crippen molar-refractivity contribution in [2.24, 2.45) is 5.92 Å². The first-order chi connectivity index (χ1) is 12.2. The highest BCUT2D eigenvalue weighted by Gasteiger charge is 2.39. The van der Waals surface area contributed by atoms with E-state index in [0.29, 0.717) is 43.9 Å². The SMILES string of the molecule is O=C(c1ccccc1)N1CCO[C@@H]2CN(C(=O)c3cc[nH]c3)C[C@@H]2C1. The molecule has 0 unspecified atom stereocenters. The minimum Gasteiger partial charge on any atom is -0.374 e. The van der Waals surface area contributed by atoms with Crippen molar-refractivity contribution in [3.05, 3.63) is 59.9 Å². The predicted molar refractivity (Wildman–Crippen MR) is 92.3 cm³/mol. The van der Waals surface area contributed by atoms with Gasteiger partial charge in [-0.05, 0) is 18.2 Å². The Hall–Kier alpha value is -2.60. The summed E-state index contributed by atoms with van der Waals surface area (Å²) >= 11 is 0. The summed E-state index contributed by atoms with van der Waals surface area (Å²) in [4.78, 5) is 31.9. The number of aromatic nitrogens is 1. The molecule has 2 aromatic rings. The van der Waals surface area contributed by atoms with Gasteiger partial charge in [0.25, 0.3) is 11.8 Å². The van der Waals surface area contributed by atoms with Gasteiger partial charge in [-0.15, -0.1) is 0 Å². The first-order valence-corrected chi connectivity index (χ1v) is 8.60. The molecule has 0 radical (unpaired) electrons. The summed E-state index contributed by atoms with van der Waals surface area (Å²) in [6.07, 6.45) is 3.46. The van der Waals surface area contributed by atoms with Crippen LogP contribution in [0.4, 0.5) is 0 Å². The van der Waals surface area contributed by atoms with Gasteiger partial charge in [-0.25, -0.2) is 0 Å². The number of carbonyl (C=O) groups excluding carboxylic acids is 2. The Morgan fingerprint density at radius 1 is 0.960 bits per heavy atom. The van der Waals surface area contributed by atoms with E-state index in [-0.39, 0.29) is 23.8 Å². The van der Waals surface area contributed by atoms with E-state index in [9.17, 15) is 9.59 Å². The molecule has 0 saturated carbocycles. The number of aromatic amines is 1. The van der Waals surface area contributed by atoms with E-state index in [1.165, 1.54) is 0 Å². The van der Waals surface area contributed by atoms with Gasteiger partial charge in [0.05, 0.1) is 18.3 Å². The Bertz CT molecular complexity index is 745. The number of nitrogens with zero attached hydrogens (tertiary/aromatic N) is 2. The van der Waals surface area contributed by atoms with Crippen LogP contribution in [0.25, 0.3) is 0 Å². The quantitative estimate of drug-likeness (QED) is 0.904. The number of carbonyl (C=O) groups is 2. The zero-order valence-corrected chi connectivity index (χ0v) is 13.9. The van der Waals surface area contributed by atoms with Crippen molar-refractivity contribution in [1.82, 2.24) is 14.8 Å². The van der Waals surface area contributed by atoms with Gasteiger partial charge in [0.1, 0.15) is 0 Å². The van der Waals surface area contributed by atoms with Gasteiger partial charge in [-0.3, -0.25) is 9.59 Å². The van der Waals surface area contributed by atoms with Crippen molar-refractivity contribution >= 4 is 11.8 Å². The van der Waals surface area contributed by atoms with Gasteiger partial charge in [-0.2, -0.15) is 0 Å². The van der Waals surface area contributed by atoms with E-state index in [1.807, 2.05) is 40.1 Å². The third-order valence-corrected chi connectivity index (χ3v) is 4.97. The first-order valence-electron chi connectivity index (χ1n) is 8.60. The van der Waals surface area contributed by atoms with Crippen LogP contribution in [0.2, 0.25) is 0 Å². The molecule has 0 aliphatic carbocycles. The maximum Gasteiger partial charge on any atom is 0.255 e. The molecule has 6 heteroatoms. The Labute approximate surface area is 146 Å². The molecule has 1 aromatic heterocycles. The van der Waals surface area contributed by atoms with Crippen molar-refractivity contribution in [3.8, 4) is 0 Å². The number of benzene rings is 1. The van der Waals surface area contributed by atoms with E-state index in [0.717, 1.165) is 0 Å². The zero-order valence-electron chi connectivity index (χ0n) is 13.9. The molecule has 2 fully saturated rings. The van der Waals surface area contributed by atoms with Crippen molar-refractivity contribution < 1.29 is 14.3 Å². The van der Waals surface area contributed by atoms with Gasteiger partial charge in [0.15, 0.2) is 0 Å². The molecule has 2 amide bonds. The minimum atomic E-state index is -0.00327. The summed E-state index contributed by atoms with van der Waals surface area (Å²) in [5, 5.41) is 0. The fourth-order valence-electron chi connectivity index (χ4n) is 3.65. The zero-order chi connectivity index (χ0) is 17.2. The van der Waals surface area contributed by atoms with Crippen molar-refractivity contribution in [2.45, 2.75) is 6.10 Å². The Kier molecular flexibility index (Phi) is 4.28. The summed E-state index contributed by atoms with van der Waals surface area (Å²) in [6.45, 7) is 2.92. The molecule has 0 bridgehead atoms. The number of likely N-dealkylation sites (tertiary alicyclic amines) is 1. The number of nitrogens with one attached hydrogen (secondary N) is 1. The second-order valence-electron chi connectivity index (χ2n) is 6.60. The number of hydrogen-bond acceptors (Lipinski definition) is 3. The summed E-state index contributed by atoms with van der Waals surface area (Å²) in [5.41, 5.74) is 1.35. The van der Waals surface area contributed by atoms with E-state index in [1.54, 1.807) is 18.5 Å². The topological polar surface area (TPSA) is 65.6 Å². The van der Waals surface area contributed by atoms with Crippen LogP contribution in [0.1, 0.15) is 20.7 Å². The lowest BCUT2D eigenvalue weighted by atomic mass is 10.1. The third-order valence-electron chi connectivity index (χ3n) is 4.97. The van der Waals surface area contributed by atoms with Crippen LogP contribution in [-0.4, -0.2) is 65.5 Å². The number of amides is 2. The number of H-pyrrole nitrogens is 1. The van der Waals surface area contributed by atoms with Crippen molar-refractivity contribution in [3.63, 3.8) is 0 Å². The van der Waals surface area contributed by atoms with E-state index >= 15 is 0 Å². The Morgan fingerprint density at radius 2 is 1.72 bits per heavy atom. The van der Waals surface area contributed by atoms with Crippen LogP contribution in [0.3, 0.4) is 0 Å². The van der Waals surface area contributed by atoms with Gasteiger partial charge in [0.2, 0.25) is 0 Å². The summed E-state index contributed by atoms with van der Waals surface area (Å²) in [6, 6.07) is 11.1. The molecule has 3 heterocycles. The molecule has 2 aliphatic heterocycles. The largest absolute Gasteiger partial charge is 0.374 e. The van der Waals surface area contributed by atoms with Gasteiger partial charge in [-0.1, -0.05) is 18.2 Å². The monoisotopic (exact) mass is 339 g/mol. The molecular weight excluding hydrogens is 318 g/mol. The number of ether oxygens (including phenoxy) is 1. The van der Waals surface area contributed by atoms with E-state index in [2.05, 4.69) is 4.98 Å². The van der Waals surface area contributed by atoms with Crippen LogP contribution >= 0.6 is 0 Å². The summed E-state index contributed by atoms with van der Waals surface area (Å²) < 4.78 is 5.95. The smallest absolute Gasteiger partial charge is 0.255 e. The van der Waals surface area contributed by atoms with Crippen molar-refractivity contribution in [2.75, 3.05) is 32.8 Å². The maximum atomic E-state index is 12.7. The van der Waals surface area contributed by atoms with E-state index < -0.39 is 0 Å². The number of rotatable bonds is 2. The molecule has 6 nitrogen and oxygen atoms in total. The average Bonchev–Trinajstić information content (AvgIpc) is 3.27. The predicted octanol–water partition coefficient (Wildman–Crippen LogP) is 1.63. The van der Waals surface area contributed by atoms with Crippen LogP contribution < -0.4 is 0 Å².